The van der Waals surface area contributed by atoms with Gasteiger partial charge in [-0.05, 0) is 32.3 Å². The van der Waals surface area contributed by atoms with Gasteiger partial charge in [-0.1, -0.05) is 18.2 Å². The summed E-state index contributed by atoms with van der Waals surface area (Å²) >= 11 is 0. The molecule has 1 unspecified atom stereocenters. The fourth-order valence-electron chi connectivity index (χ4n) is 4.13. The second-order valence-electron chi connectivity index (χ2n) is 7.32. The molecule has 1 N–H and O–H groups in total. The minimum atomic E-state index is -0.0645. The van der Waals surface area contributed by atoms with Gasteiger partial charge in [0, 0.05) is 43.2 Å². The molecule has 2 saturated heterocycles. The van der Waals surface area contributed by atoms with E-state index in [2.05, 4.69) is 5.32 Å². The molecule has 0 spiro atoms. The molecule has 2 aromatic rings. The Kier molecular flexibility index (Phi) is 4.44. The molecule has 138 valence electrons. The molecule has 4 rings (SSSR count). The van der Waals surface area contributed by atoms with Gasteiger partial charge in [-0.15, -0.1) is 0 Å². The number of hydrogen-bond acceptors (Lipinski definition) is 4. The quantitative estimate of drug-likeness (QED) is 0.896. The van der Waals surface area contributed by atoms with Crippen molar-refractivity contribution in [1.29, 1.82) is 0 Å². The topological polar surface area (TPSA) is 65.8 Å². The molecule has 2 amide bonds. The number of nitrogens with zero attached hydrogens (tertiary/aromatic N) is 2. The maximum absolute atomic E-state index is 13.1. The van der Waals surface area contributed by atoms with Gasteiger partial charge in [0.1, 0.15) is 5.58 Å². The van der Waals surface area contributed by atoms with Crippen LogP contribution in [-0.2, 0) is 4.79 Å². The molecule has 2 aliphatic rings. The van der Waals surface area contributed by atoms with Crippen LogP contribution in [-0.4, -0.2) is 60.4 Å². The van der Waals surface area contributed by atoms with Crippen LogP contribution in [0.4, 0.5) is 0 Å². The number of nitrogens with one attached hydrogen (secondary N) is 1. The van der Waals surface area contributed by atoms with Crippen LogP contribution in [0.5, 0.6) is 0 Å². The second kappa shape index (κ2) is 6.76. The Labute approximate surface area is 153 Å². The van der Waals surface area contributed by atoms with Gasteiger partial charge in [0.05, 0.1) is 6.54 Å². The smallest absolute Gasteiger partial charge is 0.289 e. The maximum atomic E-state index is 13.1. The van der Waals surface area contributed by atoms with Gasteiger partial charge in [-0.3, -0.25) is 9.59 Å². The minimum Gasteiger partial charge on any atom is -0.450 e. The number of amides is 2. The Balaban J connectivity index is 1.57. The van der Waals surface area contributed by atoms with Crippen LogP contribution in [0.25, 0.3) is 11.0 Å². The molecule has 6 heteroatoms. The molecule has 0 saturated carbocycles. The number of carbonyl (C=O) groups is 2. The molecular formula is C20H25N3O3. The summed E-state index contributed by atoms with van der Waals surface area (Å²) < 4.78 is 5.96. The monoisotopic (exact) mass is 355 g/mol. The number of likely N-dealkylation sites (tertiary alicyclic amines) is 1. The van der Waals surface area contributed by atoms with Crippen molar-refractivity contribution in [2.75, 3.05) is 32.7 Å². The molecule has 0 radical (unpaired) electrons. The molecule has 1 aromatic heterocycles. The first-order chi connectivity index (χ1) is 12.6. The number of carbonyl (C=O) groups excluding carboxylic acids is 2. The van der Waals surface area contributed by atoms with E-state index in [0.29, 0.717) is 31.9 Å². The van der Waals surface area contributed by atoms with E-state index in [1.807, 2.05) is 41.8 Å². The minimum absolute atomic E-state index is 0.0645. The maximum Gasteiger partial charge on any atom is 0.289 e. The molecule has 1 atom stereocenters. The molecule has 0 aliphatic carbocycles. The summed E-state index contributed by atoms with van der Waals surface area (Å²) in [6.45, 7) is 7.16. The van der Waals surface area contributed by atoms with Crippen molar-refractivity contribution in [3.8, 4) is 0 Å². The molecule has 3 heterocycles. The standard InChI is InChI=1S/C20H25N3O3/c1-13-5-3-7-16-14(2)19(26-18(13)16)20(25)22-9-4-6-15(12-22)23-10-8-21-11-17(23)24/h3,5,7,15,21H,4,6,8-12H2,1-2H3. The van der Waals surface area contributed by atoms with Crippen molar-refractivity contribution in [1.82, 2.24) is 15.1 Å². The molecule has 6 nitrogen and oxygen atoms in total. The van der Waals surface area contributed by atoms with Gasteiger partial charge >= 0.3 is 0 Å². The lowest BCUT2D eigenvalue weighted by Gasteiger charge is -2.40. The Hall–Kier alpha value is -2.34. The van der Waals surface area contributed by atoms with Crippen molar-refractivity contribution < 1.29 is 14.0 Å². The van der Waals surface area contributed by atoms with E-state index in [-0.39, 0.29) is 17.9 Å². The average Bonchev–Trinajstić information content (AvgIpc) is 3.00. The Bertz CT molecular complexity index is 857. The zero-order chi connectivity index (χ0) is 18.3. The summed E-state index contributed by atoms with van der Waals surface area (Å²) in [6.07, 6.45) is 1.86. The first kappa shape index (κ1) is 17.1. The first-order valence-electron chi connectivity index (χ1n) is 9.34. The number of piperazine rings is 1. The number of aryl methyl sites for hydroxylation is 2. The number of para-hydroxylation sites is 1. The van der Waals surface area contributed by atoms with Crippen LogP contribution in [0, 0.1) is 13.8 Å². The summed E-state index contributed by atoms with van der Waals surface area (Å²) in [5.74, 6) is 0.498. The summed E-state index contributed by atoms with van der Waals surface area (Å²) in [5.41, 5.74) is 2.72. The van der Waals surface area contributed by atoms with Gasteiger partial charge in [0.15, 0.2) is 5.76 Å². The van der Waals surface area contributed by atoms with Crippen molar-refractivity contribution in [3.05, 3.63) is 35.1 Å². The third kappa shape index (κ3) is 2.88. The van der Waals surface area contributed by atoms with E-state index in [4.69, 9.17) is 4.42 Å². The molecular weight excluding hydrogens is 330 g/mol. The summed E-state index contributed by atoms with van der Waals surface area (Å²) in [5, 5.41) is 4.10. The normalized spacial score (nSPS) is 21.5. The summed E-state index contributed by atoms with van der Waals surface area (Å²) in [4.78, 5) is 29.1. The number of hydrogen-bond donors (Lipinski definition) is 1. The van der Waals surface area contributed by atoms with Crippen LogP contribution < -0.4 is 5.32 Å². The largest absolute Gasteiger partial charge is 0.450 e. The summed E-state index contributed by atoms with van der Waals surface area (Å²) in [7, 11) is 0. The van der Waals surface area contributed by atoms with E-state index < -0.39 is 0 Å². The summed E-state index contributed by atoms with van der Waals surface area (Å²) in [6, 6.07) is 6.08. The average molecular weight is 355 g/mol. The third-order valence-electron chi connectivity index (χ3n) is 5.61. The Morgan fingerprint density at radius 2 is 2.12 bits per heavy atom. The van der Waals surface area contributed by atoms with Crippen LogP contribution in [0.1, 0.15) is 34.5 Å². The van der Waals surface area contributed by atoms with Crippen LogP contribution in [0.3, 0.4) is 0 Å². The van der Waals surface area contributed by atoms with Crippen LogP contribution >= 0.6 is 0 Å². The number of benzene rings is 1. The van der Waals surface area contributed by atoms with Gasteiger partial charge in [0.2, 0.25) is 5.91 Å². The molecule has 2 fully saturated rings. The number of furan rings is 1. The predicted molar refractivity (Wildman–Crippen MR) is 99.2 cm³/mol. The third-order valence-corrected chi connectivity index (χ3v) is 5.61. The fraction of sp³-hybridized carbons (Fsp3) is 0.500. The number of fused-ring (bicyclic) bond motifs is 1. The van der Waals surface area contributed by atoms with Gasteiger partial charge in [-0.2, -0.15) is 0 Å². The molecule has 2 aliphatic heterocycles. The predicted octanol–water partition coefficient (Wildman–Crippen LogP) is 2.09. The highest BCUT2D eigenvalue weighted by Crippen LogP contribution is 2.29. The SMILES string of the molecule is Cc1c(C(=O)N2CCCC(N3CCNCC3=O)C2)oc2c(C)cccc12. The van der Waals surface area contributed by atoms with Crippen molar-refractivity contribution in [3.63, 3.8) is 0 Å². The second-order valence-corrected chi connectivity index (χ2v) is 7.32. The fourth-order valence-corrected chi connectivity index (χ4v) is 4.13. The zero-order valence-corrected chi connectivity index (χ0v) is 15.4. The van der Waals surface area contributed by atoms with Crippen molar-refractivity contribution in [2.45, 2.75) is 32.7 Å². The van der Waals surface area contributed by atoms with Crippen LogP contribution in [0.15, 0.2) is 22.6 Å². The van der Waals surface area contributed by atoms with E-state index in [0.717, 1.165) is 41.5 Å². The van der Waals surface area contributed by atoms with E-state index >= 15 is 0 Å². The first-order valence-corrected chi connectivity index (χ1v) is 9.34. The van der Waals surface area contributed by atoms with Gasteiger partial charge < -0.3 is 19.5 Å². The van der Waals surface area contributed by atoms with E-state index in [9.17, 15) is 9.59 Å². The number of piperidine rings is 1. The lowest BCUT2D eigenvalue weighted by atomic mass is 10.0. The highest BCUT2D eigenvalue weighted by molar-refractivity contribution is 5.99. The Morgan fingerprint density at radius 1 is 1.27 bits per heavy atom. The molecule has 1 aromatic carbocycles. The van der Waals surface area contributed by atoms with E-state index in [1.165, 1.54) is 0 Å². The lowest BCUT2D eigenvalue weighted by Crippen LogP contribution is -2.57. The van der Waals surface area contributed by atoms with Crippen molar-refractivity contribution in [2.24, 2.45) is 0 Å². The van der Waals surface area contributed by atoms with E-state index in [1.54, 1.807) is 0 Å². The van der Waals surface area contributed by atoms with Gasteiger partial charge in [0.25, 0.3) is 5.91 Å². The molecule has 26 heavy (non-hydrogen) atoms. The number of rotatable bonds is 2. The van der Waals surface area contributed by atoms with Crippen LogP contribution in [0.2, 0.25) is 0 Å². The lowest BCUT2D eigenvalue weighted by molar-refractivity contribution is -0.135. The Morgan fingerprint density at radius 3 is 2.88 bits per heavy atom. The highest BCUT2D eigenvalue weighted by Gasteiger charge is 2.33. The highest BCUT2D eigenvalue weighted by atomic mass is 16.3. The van der Waals surface area contributed by atoms with Gasteiger partial charge in [-0.25, -0.2) is 0 Å². The zero-order valence-electron chi connectivity index (χ0n) is 15.4. The van der Waals surface area contributed by atoms with Crippen molar-refractivity contribution >= 4 is 22.8 Å². The molecule has 0 bridgehead atoms.